The van der Waals surface area contributed by atoms with Gasteiger partial charge in [-0.2, -0.15) is 0 Å². The van der Waals surface area contributed by atoms with Gasteiger partial charge >= 0.3 is 0 Å². The molecule has 0 radical (unpaired) electrons. The van der Waals surface area contributed by atoms with Crippen LogP contribution in [0.3, 0.4) is 0 Å². The number of rotatable bonds is 4. The predicted molar refractivity (Wildman–Crippen MR) is 96.1 cm³/mol. The van der Waals surface area contributed by atoms with Crippen LogP contribution in [0.5, 0.6) is 0 Å². The zero-order valence-corrected chi connectivity index (χ0v) is 16.0. The molecule has 0 saturated heterocycles. The number of nitrogens with zero attached hydrogens (tertiary/aromatic N) is 2. The third-order valence-corrected chi connectivity index (χ3v) is 4.96. The van der Waals surface area contributed by atoms with Crippen molar-refractivity contribution in [3.8, 4) is 11.4 Å². The normalized spacial score (nSPS) is 11.0. The molecule has 0 saturated carbocycles. The Balaban J connectivity index is 2.59. The fourth-order valence-corrected chi connectivity index (χ4v) is 3.10. The summed E-state index contributed by atoms with van der Waals surface area (Å²) in [5.74, 6) is 1.78. The van der Waals surface area contributed by atoms with Gasteiger partial charge in [0.05, 0.1) is 15.2 Å². The lowest BCUT2D eigenvalue weighted by Crippen LogP contribution is -2.07. The van der Waals surface area contributed by atoms with E-state index in [4.69, 9.17) is 11.6 Å². The van der Waals surface area contributed by atoms with E-state index in [1.54, 1.807) is 0 Å². The maximum Gasteiger partial charge on any atom is 0.161 e. The number of anilines is 1. The second kappa shape index (κ2) is 7.07. The number of hydrogen-bond acceptors (Lipinski definition) is 3. The van der Waals surface area contributed by atoms with Crippen LogP contribution in [0, 0.1) is 0 Å². The van der Waals surface area contributed by atoms with Gasteiger partial charge < -0.3 is 5.32 Å². The van der Waals surface area contributed by atoms with Gasteiger partial charge in [-0.05, 0) is 62.9 Å². The molecule has 6 heteroatoms. The van der Waals surface area contributed by atoms with Crippen LogP contribution >= 0.6 is 43.5 Å². The molecule has 0 aliphatic rings. The molecule has 0 spiro atoms. The summed E-state index contributed by atoms with van der Waals surface area (Å²) in [4.78, 5) is 9.29. The standard InChI is InChI=1S/C15H16Br2ClN3/c1-4-19-15-12(17)13(8(2)3)20-14(21-15)9-5-6-10(16)11(18)7-9/h5-8H,4H2,1-3H3,(H,19,20,21). The van der Waals surface area contributed by atoms with E-state index in [1.165, 1.54) is 0 Å². The van der Waals surface area contributed by atoms with Crippen molar-refractivity contribution in [2.45, 2.75) is 26.7 Å². The fourth-order valence-electron chi connectivity index (χ4n) is 1.90. The first kappa shape index (κ1) is 16.7. The maximum atomic E-state index is 6.17. The first-order valence-corrected chi connectivity index (χ1v) is 8.67. The Labute approximate surface area is 146 Å². The molecule has 0 aliphatic carbocycles. The number of hydrogen-bond donors (Lipinski definition) is 1. The summed E-state index contributed by atoms with van der Waals surface area (Å²) < 4.78 is 1.78. The minimum absolute atomic E-state index is 0.296. The highest BCUT2D eigenvalue weighted by atomic mass is 79.9. The van der Waals surface area contributed by atoms with Gasteiger partial charge in [0.15, 0.2) is 5.82 Å². The van der Waals surface area contributed by atoms with Gasteiger partial charge in [0.25, 0.3) is 0 Å². The largest absolute Gasteiger partial charge is 0.369 e. The van der Waals surface area contributed by atoms with Gasteiger partial charge in [-0.25, -0.2) is 9.97 Å². The van der Waals surface area contributed by atoms with Crippen LogP contribution in [-0.4, -0.2) is 16.5 Å². The molecule has 1 heterocycles. The first-order valence-electron chi connectivity index (χ1n) is 6.70. The van der Waals surface area contributed by atoms with Crippen LogP contribution in [0.4, 0.5) is 5.82 Å². The number of nitrogens with one attached hydrogen (secondary N) is 1. The maximum absolute atomic E-state index is 6.17. The average molecular weight is 434 g/mol. The van der Waals surface area contributed by atoms with Crippen LogP contribution in [0.2, 0.25) is 5.02 Å². The van der Waals surface area contributed by atoms with Crippen LogP contribution < -0.4 is 5.32 Å². The minimum Gasteiger partial charge on any atom is -0.369 e. The summed E-state index contributed by atoms with van der Waals surface area (Å²) in [5, 5.41) is 3.92. The number of benzene rings is 1. The summed E-state index contributed by atoms with van der Waals surface area (Å²) in [5.41, 5.74) is 1.88. The Hall–Kier alpha value is -0.650. The summed E-state index contributed by atoms with van der Waals surface area (Å²) >= 11 is 13.2. The van der Waals surface area contributed by atoms with E-state index in [1.807, 2.05) is 25.1 Å². The highest BCUT2D eigenvalue weighted by molar-refractivity contribution is 9.11. The molecule has 0 unspecified atom stereocenters. The Morgan fingerprint density at radius 2 is 1.95 bits per heavy atom. The van der Waals surface area contributed by atoms with Gasteiger partial charge in [-0.3, -0.25) is 0 Å². The lowest BCUT2D eigenvalue weighted by atomic mass is 10.1. The molecule has 3 nitrogen and oxygen atoms in total. The van der Waals surface area contributed by atoms with Crippen molar-refractivity contribution < 1.29 is 0 Å². The van der Waals surface area contributed by atoms with Crippen molar-refractivity contribution in [2.75, 3.05) is 11.9 Å². The highest BCUT2D eigenvalue weighted by Crippen LogP contribution is 2.33. The van der Waals surface area contributed by atoms with Crippen molar-refractivity contribution in [1.82, 2.24) is 9.97 Å². The Bertz CT molecular complexity index is 660. The molecule has 1 aromatic carbocycles. The van der Waals surface area contributed by atoms with E-state index in [0.29, 0.717) is 16.8 Å². The Morgan fingerprint density at radius 3 is 2.52 bits per heavy atom. The van der Waals surface area contributed by atoms with Gasteiger partial charge in [0.2, 0.25) is 0 Å². The van der Waals surface area contributed by atoms with Gasteiger partial charge in [0.1, 0.15) is 5.82 Å². The van der Waals surface area contributed by atoms with Crippen LogP contribution in [0.25, 0.3) is 11.4 Å². The molecule has 0 amide bonds. The van der Waals surface area contributed by atoms with Crippen LogP contribution in [0.15, 0.2) is 27.1 Å². The smallest absolute Gasteiger partial charge is 0.161 e. The van der Waals surface area contributed by atoms with Gasteiger partial charge in [-0.1, -0.05) is 25.4 Å². The first-order chi connectivity index (χ1) is 9.93. The molecule has 0 fully saturated rings. The van der Waals surface area contributed by atoms with Gasteiger partial charge in [-0.15, -0.1) is 0 Å². The lowest BCUT2D eigenvalue weighted by Gasteiger charge is -2.14. The van der Waals surface area contributed by atoms with E-state index in [0.717, 1.165) is 32.6 Å². The molecular formula is C15H16Br2ClN3. The Kier molecular flexibility index (Phi) is 5.63. The summed E-state index contributed by atoms with van der Waals surface area (Å²) in [6, 6.07) is 5.73. The van der Waals surface area contributed by atoms with E-state index in [-0.39, 0.29) is 0 Å². The number of aromatic nitrogens is 2. The third-order valence-electron chi connectivity index (χ3n) is 2.95. The minimum atomic E-state index is 0.296. The lowest BCUT2D eigenvalue weighted by molar-refractivity contribution is 0.809. The quantitative estimate of drug-likeness (QED) is 0.655. The Morgan fingerprint density at radius 1 is 1.24 bits per heavy atom. The van der Waals surface area contributed by atoms with Crippen molar-refractivity contribution in [1.29, 1.82) is 0 Å². The molecule has 21 heavy (non-hydrogen) atoms. The van der Waals surface area contributed by atoms with Crippen molar-refractivity contribution in [2.24, 2.45) is 0 Å². The molecular weight excluding hydrogens is 417 g/mol. The van der Waals surface area contributed by atoms with Crippen molar-refractivity contribution >= 4 is 49.3 Å². The topological polar surface area (TPSA) is 37.8 Å². The molecule has 0 bridgehead atoms. The number of halogens is 3. The third kappa shape index (κ3) is 3.76. The van der Waals surface area contributed by atoms with Gasteiger partial charge in [0, 0.05) is 16.6 Å². The van der Waals surface area contributed by atoms with Crippen molar-refractivity contribution in [3.63, 3.8) is 0 Å². The van der Waals surface area contributed by atoms with E-state index >= 15 is 0 Å². The summed E-state index contributed by atoms with van der Waals surface area (Å²) in [6.07, 6.45) is 0. The summed E-state index contributed by atoms with van der Waals surface area (Å²) in [6.45, 7) is 7.07. The molecule has 112 valence electrons. The predicted octanol–water partition coefficient (Wildman–Crippen LogP) is 5.88. The second-order valence-corrected chi connectivity index (χ2v) is 6.96. The molecule has 2 aromatic rings. The average Bonchev–Trinajstić information content (AvgIpc) is 2.44. The van der Waals surface area contributed by atoms with Crippen LogP contribution in [-0.2, 0) is 0 Å². The molecule has 1 aromatic heterocycles. The van der Waals surface area contributed by atoms with Crippen molar-refractivity contribution in [3.05, 3.63) is 37.9 Å². The van der Waals surface area contributed by atoms with E-state index < -0.39 is 0 Å². The zero-order valence-electron chi connectivity index (χ0n) is 12.0. The molecule has 0 atom stereocenters. The van der Waals surface area contributed by atoms with Crippen LogP contribution in [0.1, 0.15) is 32.4 Å². The highest BCUT2D eigenvalue weighted by Gasteiger charge is 2.16. The van der Waals surface area contributed by atoms with E-state index in [9.17, 15) is 0 Å². The fraction of sp³-hybridized carbons (Fsp3) is 0.333. The monoisotopic (exact) mass is 431 g/mol. The molecule has 1 N–H and O–H groups in total. The molecule has 2 rings (SSSR count). The SMILES string of the molecule is CCNc1nc(-c2ccc(Br)c(Cl)c2)nc(C(C)C)c1Br. The zero-order chi connectivity index (χ0) is 15.6. The summed E-state index contributed by atoms with van der Waals surface area (Å²) in [7, 11) is 0. The van der Waals surface area contributed by atoms with E-state index in [2.05, 4.69) is 61.0 Å². The molecule has 0 aliphatic heterocycles. The second-order valence-electron chi connectivity index (χ2n) is 4.91.